The van der Waals surface area contributed by atoms with Crippen LogP contribution in [0.25, 0.3) is 0 Å². The number of aromatic nitrogens is 2. The highest BCUT2D eigenvalue weighted by molar-refractivity contribution is 5.10. The molecule has 1 heterocycles. The fourth-order valence-electron chi connectivity index (χ4n) is 0.837. The normalized spacial score (nSPS) is 12.5. The van der Waals surface area contributed by atoms with Gasteiger partial charge in [-0.15, -0.1) is 6.58 Å². The molecule has 1 unspecified atom stereocenters. The molecule has 1 aromatic rings. The standard InChI is InChI=1S/C8H12N4/c1-3-7(12-9)8-5-10-6(2)4-11-8/h3-5,7,12H,1,9H2,2H3. The maximum absolute atomic E-state index is 5.26. The molecule has 4 nitrogen and oxygen atoms in total. The van der Waals surface area contributed by atoms with Crippen LogP contribution in [0.2, 0.25) is 0 Å². The Hall–Kier alpha value is -1.26. The third kappa shape index (κ3) is 1.87. The number of hydrazine groups is 1. The highest BCUT2D eigenvalue weighted by atomic mass is 15.2. The van der Waals surface area contributed by atoms with E-state index in [1.165, 1.54) is 0 Å². The Morgan fingerprint density at radius 2 is 2.33 bits per heavy atom. The van der Waals surface area contributed by atoms with Crippen molar-refractivity contribution in [1.82, 2.24) is 15.4 Å². The molecule has 0 aliphatic heterocycles. The van der Waals surface area contributed by atoms with Crippen LogP contribution in [-0.4, -0.2) is 9.97 Å². The number of nitrogens with two attached hydrogens (primary N) is 1. The van der Waals surface area contributed by atoms with Crippen molar-refractivity contribution < 1.29 is 0 Å². The van der Waals surface area contributed by atoms with Crippen LogP contribution in [0.1, 0.15) is 17.4 Å². The summed E-state index contributed by atoms with van der Waals surface area (Å²) in [5, 5.41) is 0. The SMILES string of the molecule is C=CC(NN)c1cnc(C)cn1. The summed E-state index contributed by atoms with van der Waals surface area (Å²) in [6.45, 7) is 5.50. The Labute approximate surface area is 71.5 Å². The summed E-state index contributed by atoms with van der Waals surface area (Å²) < 4.78 is 0. The first-order valence-electron chi connectivity index (χ1n) is 3.65. The quantitative estimate of drug-likeness (QED) is 0.387. The lowest BCUT2D eigenvalue weighted by Crippen LogP contribution is -2.27. The largest absolute Gasteiger partial charge is 0.271 e. The van der Waals surface area contributed by atoms with E-state index in [-0.39, 0.29) is 6.04 Å². The second-order valence-corrected chi connectivity index (χ2v) is 2.46. The second-order valence-electron chi connectivity index (χ2n) is 2.46. The Morgan fingerprint density at radius 1 is 1.58 bits per heavy atom. The average Bonchev–Trinajstić information content (AvgIpc) is 2.10. The molecule has 4 heteroatoms. The number of hydrogen-bond donors (Lipinski definition) is 2. The predicted molar refractivity (Wildman–Crippen MR) is 47.0 cm³/mol. The molecule has 0 bridgehead atoms. The molecular weight excluding hydrogens is 152 g/mol. The Morgan fingerprint density at radius 3 is 2.75 bits per heavy atom. The van der Waals surface area contributed by atoms with Crippen molar-refractivity contribution >= 4 is 0 Å². The fraction of sp³-hybridized carbons (Fsp3) is 0.250. The van der Waals surface area contributed by atoms with Gasteiger partial charge in [0.05, 0.1) is 23.6 Å². The molecule has 0 fully saturated rings. The topological polar surface area (TPSA) is 63.8 Å². The number of nitrogens with one attached hydrogen (secondary N) is 1. The molecule has 1 atom stereocenters. The highest BCUT2D eigenvalue weighted by Gasteiger charge is 2.05. The molecule has 0 amide bonds. The molecular formula is C8H12N4. The van der Waals surface area contributed by atoms with Crippen LogP contribution in [0.4, 0.5) is 0 Å². The van der Waals surface area contributed by atoms with Crippen molar-refractivity contribution in [3.63, 3.8) is 0 Å². The van der Waals surface area contributed by atoms with E-state index >= 15 is 0 Å². The summed E-state index contributed by atoms with van der Waals surface area (Å²) in [6.07, 6.45) is 5.06. The Bertz CT molecular complexity index is 254. The van der Waals surface area contributed by atoms with E-state index in [0.717, 1.165) is 11.4 Å². The summed E-state index contributed by atoms with van der Waals surface area (Å²) in [5.74, 6) is 5.26. The van der Waals surface area contributed by atoms with Gasteiger partial charge in [-0.1, -0.05) is 6.08 Å². The summed E-state index contributed by atoms with van der Waals surface area (Å²) in [7, 11) is 0. The van der Waals surface area contributed by atoms with Crippen LogP contribution in [-0.2, 0) is 0 Å². The van der Waals surface area contributed by atoms with Gasteiger partial charge in [0.25, 0.3) is 0 Å². The van der Waals surface area contributed by atoms with Gasteiger partial charge in [0.2, 0.25) is 0 Å². The van der Waals surface area contributed by atoms with E-state index in [0.29, 0.717) is 0 Å². The summed E-state index contributed by atoms with van der Waals surface area (Å²) in [6, 6.07) is -0.127. The van der Waals surface area contributed by atoms with E-state index in [4.69, 9.17) is 5.84 Å². The van der Waals surface area contributed by atoms with Crippen molar-refractivity contribution in [3.8, 4) is 0 Å². The molecule has 0 saturated carbocycles. The van der Waals surface area contributed by atoms with Crippen LogP contribution in [0.5, 0.6) is 0 Å². The molecule has 64 valence electrons. The number of nitrogens with zero attached hydrogens (tertiary/aromatic N) is 2. The minimum Gasteiger partial charge on any atom is -0.271 e. The molecule has 3 N–H and O–H groups in total. The maximum atomic E-state index is 5.26. The Kier molecular flexibility index (Phi) is 2.90. The summed E-state index contributed by atoms with van der Waals surface area (Å²) in [4.78, 5) is 8.23. The zero-order valence-corrected chi connectivity index (χ0v) is 6.99. The van der Waals surface area contributed by atoms with Crippen molar-refractivity contribution in [2.45, 2.75) is 13.0 Å². The molecule has 0 saturated heterocycles. The van der Waals surface area contributed by atoms with E-state index in [2.05, 4.69) is 22.0 Å². The van der Waals surface area contributed by atoms with Gasteiger partial charge in [0.1, 0.15) is 0 Å². The van der Waals surface area contributed by atoms with Crippen molar-refractivity contribution in [2.24, 2.45) is 5.84 Å². The first kappa shape index (κ1) is 8.83. The maximum Gasteiger partial charge on any atom is 0.0825 e. The lowest BCUT2D eigenvalue weighted by molar-refractivity contribution is 0.636. The molecule has 0 aliphatic rings. The van der Waals surface area contributed by atoms with E-state index in [9.17, 15) is 0 Å². The zero-order valence-electron chi connectivity index (χ0n) is 6.99. The van der Waals surface area contributed by atoms with Crippen molar-refractivity contribution in [3.05, 3.63) is 36.4 Å². The molecule has 0 radical (unpaired) electrons. The molecule has 1 aromatic heterocycles. The van der Waals surface area contributed by atoms with Gasteiger partial charge < -0.3 is 0 Å². The van der Waals surface area contributed by atoms with Crippen LogP contribution in [0.15, 0.2) is 25.0 Å². The van der Waals surface area contributed by atoms with Crippen LogP contribution < -0.4 is 11.3 Å². The molecule has 0 aliphatic carbocycles. The van der Waals surface area contributed by atoms with Crippen LogP contribution in [0, 0.1) is 6.92 Å². The van der Waals surface area contributed by atoms with Gasteiger partial charge in [0, 0.05) is 6.20 Å². The lowest BCUT2D eigenvalue weighted by Gasteiger charge is -2.08. The molecule has 12 heavy (non-hydrogen) atoms. The van der Waals surface area contributed by atoms with Gasteiger partial charge in [-0.25, -0.2) is 5.43 Å². The monoisotopic (exact) mass is 164 g/mol. The molecule has 0 aromatic carbocycles. The Balaban J connectivity index is 2.87. The predicted octanol–water partition coefficient (Wildman–Crippen LogP) is 0.475. The molecule has 1 rings (SSSR count). The van der Waals surface area contributed by atoms with Crippen molar-refractivity contribution in [2.75, 3.05) is 0 Å². The fourth-order valence-corrected chi connectivity index (χ4v) is 0.837. The third-order valence-electron chi connectivity index (χ3n) is 1.53. The zero-order chi connectivity index (χ0) is 8.97. The smallest absolute Gasteiger partial charge is 0.0825 e. The van der Waals surface area contributed by atoms with Crippen LogP contribution in [0.3, 0.4) is 0 Å². The van der Waals surface area contributed by atoms with Gasteiger partial charge in [0.15, 0.2) is 0 Å². The van der Waals surface area contributed by atoms with Gasteiger partial charge >= 0.3 is 0 Å². The first-order valence-corrected chi connectivity index (χ1v) is 3.65. The summed E-state index contributed by atoms with van der Waals surface area (Å²) in [5.41, 5.74) is 4.23. The summed E-state index contributed by atoms with van der Waals surface area (Å²) >= 11 is 0. The first-order chi connectivity index (χ1) is 5.77. The average molecular weight is 164 g/mol. The highest BCUT2D eigenvalue weighted by Crippen LogP contribution is 2.07. The van der Waals surface area contributed by atoms with E-state index in [1.54, 1.807) is 18.5 Å². The van der Waals surface area contributed by atoms with Crippen molar-refractivity contribution in [1.29, 1.82) is 0 Å². The van der Waals surface area contributed by atoms with E-state index in [1.807, 2.05) is 6.92 Å². The minimum atomic E-state index is -0.127. The van der Waals surface area contributed by atoms with E-state index < -0.39 is 0 Å². The number of hydrogen-bond acceptors (Lipinski definition) is 4. The van der Waals surface area contributed by atoms with Gasteiger partial charge in [-0.3, -0.25) is 15.8 Å². The second kappa shape index (κ2) is 3.94. The van der Waals surface area contributed by atoms with Gasteiger partial charge in [-0.2, -0.15) is 0 Å². The number of aryl methyl sites for hydroxylation is 1. The minimum absolute atomic E-state index is 0.127. The third-order valence-corrected chi connectivity index (χ3v) is 1.53. The van der Waals surface area contributed by atoms with Crippen LogP contribution >= 0.6 is 0 Å². The van der Waals surface area contributed by atoms with Gasteiger partial charge in [-0.05, 0) is 6.92 Å². The molecule has 0 spiro atoms. The number of rotatable bonds is 3. The lowest BCUT2D eigenvalue weighted by atomic mass is 10.2.